The molecule has 3 heteroatoms. The number of fused-ring (bicyclic) bond motifs is 1. The van der Waals surface area contributed by atoms with E-state index in [1.807, 2.05) is 11.8 Å². The Morgan fingerprint density at radius 3 is 2.74 bits per heavy atom. The highest BCUT2D eigenvalue weighted by Gasteiger charge is 2.35. The standard InChI is InChI=1S/C16H32N2S/c1-14(2)16-13-17-9-5-4-8-15(17)12-18(16)10-6-7-11-19-3/h14-16H,4-13H2,1-3H3. The molecule has 0 aromatic carbocycles. The molecule has 0 spiro atoms. The topological polar surface area (TPSA) is 6.48 Å². The molecule has 2 aliphatic heterocycles. The quantitative estimate of drug-likeness (QED) is 0.691. The van der Waals surface area contributed by atoms with E-state index in [1.165, 1.54) is 64.0 Å². The van der Waals surface area contributed by atoms with E-state index < -0.39 is 0 Å². The van der Waals surface area contributed by atoms with Crippen LogP contribution in [0.3, 0.4) is 0 Å². The summed E-state index contributed by atoms with van der Waals surface area (Å²) in [5.74, 6) is 2.12. The Balaban J connectivity index is 1.86. The van der Waals surface area contributed by atoms with Gasteiger partial charge in [-0.2, -0.15) is 11.8 Å². The SMILES string of the molecule is CSCCCCN1CC2CCCCN2CC1C(C)C. The first kappa shape index (κ1) is 15.7. The van der Waals surface area contributed by atoms with E-state index in [9.17, 15) is 0 Å². The summed E-state index contributed by atoms with van der Waals surface area (Å²) in [5.41, 5.74) is 0. The first-order chi connectivity index (χ1) is 9.22. The smallest absolute Gasteiger partial charge is 0.0246 e. The lowest BCUT2D eigenvalue weighted by atomic mass is 9.92. The van der Waals surface area contributed by atoms with Crippen molar-refractivity contribution in [3.05, 3.63) is 0 Å². The Morgan fingerprint density at radius 2 is 2.00 bits per heavy atom. The predicted molar refractivity (Wildman–Crippen MR) is 87.0 cm³/mol. The predicted octanol–water partition coefficient (Wildman–Crippen LogP) is 3.32. The maximum absolute atomic E-state index is 2.82. The molecule has 19 heavy (non-hydrogen) atoms. The van der Waals surface area contributed by atoms with Crippen molar-refractivity contribution in [1.29, 1.82) is 0 Å². The first-order valence-corrected chi connectivity index (χ1v) is 9.58. The number of hydrogen-bond acceptors (Lipinski definition) is 3. The van der Waals surface area contributed by atoms with Gasteiger partial charge in [0.2, 0.25) is 0 Å². The average molecular weight is 285 g/mol. The van der Waals surface area contributed by atoms with Crippen LogP contribution in [0.4, 0.5) is 0 Å². The van der Waals surface area contributed by atoms with Gasteiger partial charge in [0.1, 0.15) is 0 Å². The van der Waals surface area contributed by atoms with Gasteiger partial charge < -0.3 is 0 Å². The van der Waals surface area contributed by atoms with Crippen LogP contribution in [0.2, 0.25) is 0 Å². The molecule has 0 amide bonds. The molecule has 0 aliphatic carbocycles. The molecule has 2 unspecified atom stereocenters. The summed E-state index contributed by atoms with van der Waals surface area (Å²) in [7, 11) is 0. The number of nitrogens with zero attached hydrogens (tertiary/aromatic N) is 2. The average Bonchev–Trinajstić information content (AvgIpc) is 2.42. The van der Waals surface area contributed by atoms with Gasteiger partial charge in [-0.25, -0.2) is 0 Å². The summed E-state index contributed by atoms with van der Waals surface area (Å²) < 4.78 is 0. The highest BCUT2D eigenvalue weighted by atomic mass is 32.2. The Labute approximate surface area is 124 Å². The van der Waals surface area contributed by atoms with Gasteiger partial charge in [-0.1, -0.05) is 20.3 Å². The third kappa shape index (κ3) is 4.37. The fourth-order valence-electron chi connectivity index (χ4n) is 3.72. The summed E-state index contributed by atoms with van der Waals surface area (Å²) in [4.78, 5) is 5.60. The Bertz CT molecular complexity index is 257. The third-order valence-electron chi connectivity index (χ3n) is 4.90. The van der Waals surface area contributed by atoms with Gasteiger partial charge >= 0.3 is 0 Å². The number of unbranched alkanes of at least 4 members (excludes halogenated alkanes) is 1. The van der Waals surface area contributed by atoms with Crippen LogP contribution in [-0.2, 0) is 0 Å². The van der Waals surface area contributed by atoms with Crippen LogP contribution >= 0.6 is 11.8 Å². The molecule has 0 N–H and O–H groups in total. The molecule has 2 aliphatic rings. The summed E-state index contributed by atoms with van der Waals surface area (Å²) in [6.07, 6.45) is 9.31. The van der Waals surface area contributed by atoms with E-state index >= 15 is 0 Å². The summed E-state index contributed by atoms with van der Waals surface area (Å²) in [5, 5.41) is 0. The maximum atomic E-state index is 2.82. The number of piperazine rings is 1. The van der Waals surface area contributed by atoms with Gasteiger partial charge in [0.25, 0.3) is 0 Å². The molecule has 112 valence electrons. The van der Waals surface area contributed by atoms with E-state index in [4.69, 9.17) is 0 Å². The second kappa shape index (κ2) is 7.90. The van der Waals surface area contributed by atoms with E-state index in [0.29, 0.717) is 0 Å². The van der Waals surface area contributed by atoms with Crippen LogP contribution < -0.4 is 0 Å². The van der Waals surface area contributed by atoms with Crippen molar-refractivity contribution in [2.45, 2.75) is 58.0 Å². The van der Waals surface area contributed by atoms with Crippen molar-refractivity contribution < 1.29 is 0 Å². The van der Waals surface area contributed by atoms with E-state index in [1.54, 1.807) is 0 Å². The minimum atomic E-state index is 0.795. The molecule has 2 heterocycles. The number of hydrogen-bond donors (Lipinski definition) is 0. The Morgan fingerprint density at radius 1 is 1.16 bits per heavy atom. The van der Waals surface area contributed by atoms with Crippen LogP contribution in [0.1, 0.15) is 46.0 Å². The van der Waals surface area contributed by atoms with Crippen LogP contribution in [0.15, 0.2) is 0 Å². The van der Waals surface area contributed by atoms with Crippen molar-refractivity contribution in [2.24, 2.45) is 5.92 Å². The van der Waals surface area contributed by atoms with Crippen molar-refractivity contribution in [3.8, 4) is 0 Å². The molecule has 0 aromatic heterocycles. The van der Waals surface area contributed by atoms with Crippen molar-refractivity contribution in [1.82, 2.24) is 9.80 Å². The van der Waals surface area contributed by atoms with Crippen LogP contribution in [0, 0.1) is 5.92 Å². The van der Waals surface area contributed by atoms with Crippen LogP contribution in [0.5, 0.6) is 0 Å². The molecule has 0 aromatic rings. The number of piperidine rings is 1. The molecule has 0 saturated carbocycles. The van der Waals surface area contributed by atoms with Gasteiger partial charge in [0.05, 0.1) is 0 Å². The fraction of sp³-hybridized carbons (Fsp3) is 1.00. The van der Waals surface area contributed by atoms with E-state index in [2.05, 4.69) is 29.9 Å². The molecule has 2 nitrogen and oxygen atoms in total. The Hall–Kier alpha value is 0.270. The number of rotatable bonds is 6. The monoisotopic (exact) mass is 284 g/mol. The zero-order valence-corrected chi connectivity index (χ0v) is 13.9. The van der Waals surface area contributed by atoms with E-state index in [-0.39, 0.29) is 0 Å². The van der Waals surface area contributed by atoms with Gasteiger partial charge in [-0.3, -0.25) is 9.80 Å². The largest absolute Gasteiger partial charge is 0.298 e. The number of thioether (sulfide) groups is 1. The lowest BCUT2D eigenvalue weighted by Gasteiger charge is -2.50. The highest BCUT2D eigenvalue weighted by Crippen LogP contribution is 2.27. The Kier molecular flexibility index (Phi) is 6.51. The van der Waals surface area contributed by atoms with E-state index in [0.717, 1.165) is 18.0 Å². The molecule has 2 rings (SSSR count). The van der Waals surface area contributed by atoms with Crippen molar-refractivity contribution in [3.63, 3.8) is 0 Å². The molecular formula is C16H32N2S. The molecule has 2 fully saturated rings. The summed E-state index contributed by atoms with van der Waals surface area (Å²) >= 11 is 1.99. The third-order valence-corrected chi connectivity index (χ3v) is 5.60. The minimum Gasteiger partial charge on any atom is -0.298 e. The highest BCUT2D eigenvalue weighted by molar-refractivity contribution is 7.98. The van der Waals surface area contributed by atoms with Gasteiger partial charge in [-0.15, -0.1) is 0 Å². The normalized spacial score (nSPS) is 29.7. The zero-order chi connectivity index (χ0) is 13.7. The summed E-state index contributed by atoms with van der Waals surface area (Å²) in [6.45, 7) is 10.2. The van der Waals surface area contributed by atoms with Crippen molar-refractivity contribution in [2.75, 3.05) is 38.2 Å². The molecule has 2 atom stereocenters. The molecule has 0 bridgehead atoms. The summed E-state index contributed by atoms with van der Waals surface area (Å²) in [6, 6.07) is 1.66. The van der Waals surface area contributed by atoms with Gasteiger partial charge in [0.15, 0.2) is 0 Å². The van der Waals surface area contributed by atoms with Crippen molar-refractivity contribution >= 4 is 11.8 Å². The van der Waals surface area contributed by atoms with Gasteiger partial charge in [0, 0.05) is 25.2 Å². The zero-order valence-electron chi connectivity index (χ0n) is 13.1. The minimum absolute atomic E-state index is 0.795. The molecule has 2 saturated heterocycles. The van der Waals surface area contributed by atoms with Gasteiger partial charge in [-0.05, 0) is 56.7 Å². The van der Waals surface area contributed by atoms with Crippen LogP contribution in [0.25, 0.3) is 0 Å². The van der Waals surface area contributed by atoms with Crippen LogP contribution in [-0.4, -0.2) is 60.1 Å². The maximum Gasteiger partial charge on any atom is 0.0246 e. The lowest BCUT2D eigenvalue weighted by Crippen LogP contribution is -2.61. The second-order valence-corrected chi connectivity index (χ2v) is 7.64. The second-order valence-electron chi connectivity index (χ2n) is 6.65. The molecular weight excluding hydrogens is 252 g/mol. The fourth-order valence-corrected chi connectivity index (χ4v) is 4.21. The first-order valence-electron chi connectivity index (χ1n) is 8.19. The molecule has 0 radical (unpaired) electrons. The lowest BCUT2D eigenvalue weighted by molar-refractivity contribution is -0.00783.